The molecule has 2 aromatic rings. The summed E-state index contributed by atoms with van der Waals surface area (Å²) in [5.41, 5.74) is 0.840. The van der Waals surface area contributed by atoms with Crippen molar-refractivity contribution in [2.45, 2.75) is 58.5 Å². The lowest BCUT2D eigenvalue weighted by atomic mass is 9.92. The second-order valence-corrected chi connectivity index (χ2v) is 8.59. The second kappa shape index (κ2) is 9.98. The molecule has 1 aliphatic heterocycles. The van der Waals surface area contributed by atoms with Crippen LogP contribution in [0, 0.1) is 18.7 Å². The Morgan fingerprint density at radius 3 is 2.39 bits per heavy atom. The number of benzene rings is 1. The van der Waals surface area contributed by atoms with Crippen molar-refractivity contribution >= 4 is 11.8 Å². The van der Waals surface area contributed by atoms with Gasteiger partial charge in [-0.2, -0.15) is 0 Å². The number of hydrogen-bond donors (Lipinski definition) is 0. The fourth-order valence-corrected chi connectivity index (χ4v) is 3.90. The summed E-state index contributed by atoms with van der Waals surface area (Å²) in [6.45, 7) is 6.96. The summed E-state index contributed by atoms with van der Waals surface area (Å²) in [5.74, 6) is 0.618. The standard InChI is InChI=1S/C22H31FN6O2/c1-15(2)27(4)21(30)14-18-9-11-28(12-10-18)22(31)20(29-16(3)24-25-26-29)13-17-5-7-19(23)8-6-17/h5-8,15,18,20H,9-14H2,1-4H3/t20-/m0/s1. The Bertz CT molecular complexity index is 890. The molecule has 0 bridgehead atoms. The summed E-state index contributed by atoms with van der Waals surface area (Å²) >= 11 is 0. The minimum Gasteiger partial charge on any atom is -0.343 e. The smallest absolute Gasteiger partial charge is 0.247 e. The van der Waals surface area contributed by atoms with E-state index in [9.17, 15) is 14.0 Å². The van der Waals surface area contributed by atoms with Crippen LogP contribution in [0.1, 0.15) is 50.5 Å². The average molecular weight is 431 g/mol. The summed E-state index contributed by atoms with van der Waals surface area (Å²) in [5, 5.41) is 11.6. The monoisotopic (exact) mass is 430 g/mol. The predicted octanol–water partition coefficient (Wildman–Crippen LogP) is 2.40. The molecule has 2 amide bonds. The highest BCUT2D eigenvalue weighted by atomic mass is 19.1. The van der Waals surface area contributed by atoms with Crippen LogP contribution in [0.3, 0.4) is 0 Å². The summed E-state index contributed by atoms with van der Waals surface area (Å²) < 4.78 is 14.8. The topological polar surface area (TPSA) is 84.2 Å². The van der Waals surface area contributed by atoms with Crippen LogP contribution in [-0.2, 0) is 16.0 Å². The van der Waals surface area contributed by atoms with Crippen molar-refractivity contribution in [3.63, 3.8) is 0 Å². The van der Waals surface area contributed by atoms with Gasteiger partial charge in [-0.25, -0.2) is 9.07 Å². The lowest BCUT2D eigenvalue weighted by Gasteiger charge is -2.35. The van der Waals surface area contributed by atoms with Crippen LogP contribution in [0.15, 0.2) is 24.3 Å². The fourth-order valence-electron chi connectivity index (χ4n) is 3.90. The molecule has 0 saturated carbocycles. The molecule has 1 atom stereocenters. The molecule has 0 spiro atoms. The van der Waals surface area contributed by atoms with Crippen LogP contribution in [0.5, 0.6) is 0 Å². The molecule has 1 saturated heterocycles. The quantitative estimate of drug-likeness (QED) is 0.674. The predicted molar refractivity (Wildman–Crippen MR) is 114 cm³/mol. The van der Waals surface area contributed by atoms with E-state index in [0.29, 0.717) is 31.8 Å². The van der Waals surface area contributed by atoms with E-state index in [-0.39, 0.29) is 29.6 Å². The molecule has 1 aromatic carbocycles. The van der Waals surface area contributed by atoms with Crippen molar-refractivity contribution in [1.82, 2.24) is 30.0 Å². The molecule has 0 radical (unpaired) electrons. The van der Waals surface area contributed by atoms with E-state index in [4.69, 9.17) is 0 Å². The molecule has 31 heavy (non-hydrogen) atoms. The van der Waals surface area contributed by atoms with Gasteiger partial charge in [-0.1, -0.05) is 12.1 Å². The molecule has 8 nitrogen and oxygen atoms in total. The number of aromatic nitrogens is 4. The molecule has 1 aromatic heterocycles. The first-order valence-electron chi connectivity index (χ1n) is 10.8. The molecule has 1 fully saturated rings. The Balaban J connectivity index is 1.66. The highest BCUT2D eigenvalue weighted by molar-refractivity contribution is 5.81. The molecule has 2 heterocycles. The van der Waals surface area contributed by atoms with Crippen molar-refractivity contribution < 1.29 is 14.0 Å². The van der Waals surface area contributed by atoms with Crippen molar-refractivity contribution in [3.8, 4) is 0 Å². The first-order valence-corrected chi connectivity index (χ1v) is 10.8. The number of carbonyl (C=O) groups excluding carboxylic acids is 2. The molecular formula is C22H31FN6O2. The van der Waals surface area contributed by atoms with Crippen molar-refractivity contribution in [3.05, 3.63) is 41.5 Å². The zero-order valence-electron chi connectivity index (χ0n) is 18.7. The molecule has 168 valence electrons. The summed E-state index contributed by atoms with van der Waals surface area (Å²) in [6, 6.07) is 5.73. The van der Waals surface area contributed by atoms with Crippen molar-refractivity contribution in [1.29, 1.82) is 0 Å². The highest BCUT2D eigenvalue weighted by Crippen LogP contribution is 2.25. The zero-order chi connectivity index (χ0) is 22.5. The maximum absolute atomic E-state index is 13.4. The minimum atomic E-state index is -0.592. The van der Waals surface area contributed by atoms with E-state index in [1.807, 2.05) is 25.8 Å². The Kier molecular flexibility index (Phi) is 7.35. The number of likely N-dealkylation sites (tertiary alicyclic amines) is 1. The maximum atomic E-state index is 13.4. The number of tetrazole rings is 1. The number of carbonyl (C=O) groups is 2. The van der Waals surface area contributed by atoms with Crippen LogP contribution in [-0.4, -0.2) is 68.0 Å². The molecule has 0 unspecified atom stereocenters. The van der Waals surface area contributed by atoms with Gasteiger partial charge in [0.15, 0.2) is 0 Å². The number of aryl methyl sites for hydroxylation is 1. The highest BCUT2D eigenvalue weighted by Gasteiger charge is 2.32. The van der Waals surface area contributed by atoms with Gasteiger partial charge in [0, 0.05) is 39.0 Å². The lowest BCUT2D eigenvalue weighted by molar-refractivity contribution is -0.137. The van der Waals surface area contributed by atoms with Crippen LogP contribution in [0.25, 0.3) is 0 Å². The number of amides is 2. The lowest BCUT2D eigenvalue weighted by Crippen LogP contribution is -2.44. The zero-order valence-corrected chi connectivity index (χ0v) is 18.7. The second-order valence-electron chi connectivity index (χ2n) is 8.59. The molecule has 0 N–H and O–H groups in total. The van der Waals surface area contributed by atoms with E-state index < -0.39 is 6.04 Å². The average Bonchev–Trinajstić information content (AvgIpc) is 3.18. The van der Waals surface area contributed by atoms with Gasteiger partial charge < -0.3 is 9.80 Å². The Morgan fingerprint density at radius 1 is 1.19 bits per heavy atom. The Labute approximate surface area is 182 Å². The van der Waals surface area contributed by atoms with Crippen LogP contribution < -0.4 is 0 Å². The van der Waals surface area contributed by atoms with Crippen LogP contribution in [0.4, 0.5) is 4.39 Å². The number of nitrogens with zero attached hydrogens (tertiary/aromatic N) is 6. The third kappa shape index (κ3) is 5.65. The maximum Gasteiger partial charge on any atom is 0.247 e. The summed E-state index contributed by atoms with van der Waals surface area (Å²) in [6.07, 6.45) is 2.48. The van der Waals surface area contributed by atoms with Crippen LogP contribution in [0.2, 0.25) is 0 Å². The third-order valence-electron chi connectivity index (χ3n) is 6.14. The van der Waals surface area contributed by atoms with Gasteiger partial charge in [0.05, 0.1) is 0 Å². The summed E-state index contributed by atoms with van der Waals surface area (Å²) in [7, 11) is 1.83. The van der Waals surface area contributed by atoms with E-state index in [1.54, 1.807) is 28.6 Å². The molecule has 9 heteroatoms. The van der Waals surface area contributed by atoms with E-state index >= 15 is 0 Å². The van der Waals surface area contributed by atoms with Crippen molar-refractivity contribution in [2.75, 3.05) is 20.1 Å². The van der Waals surface area contributed by atoms with E-state index in [2.05, 4.69) is 15.5 Å². The number of piperidine rings is 1. The Hall–Kier alpha value is -2.84. The van der Waals surface area contributed by atoms with Gasteiger partial charge in [0.1, 0.15) is 17.7 Å². The largest absolute Gasteiger partial charge is 0.343 e. The third-order valence-corrected chi connectivity index (χ3v) is 6.14. The van der Waals surface area contributed by atoms with E-state index in [0.717, 1.165) is 18.4 Å². The first kappa shape index (κ1) is 22.8. The van der Waals surface area contributed by atoms with Gasteiger partial charge >= 0.3 is 0 Å². The van der Waals surface area contributed by atoms with Gasteiger partial charge in [0.2, 0.25) is 11.8 Å². The fraction of sp³-hybridized carbons (Fsp3) is 0.591. The molecule has 3 rings (SSSR count). The number of rotatable bonds is 7. The van der Waals surface area contributed by atoms with Gasteiger partial charge in [-0.05, 0) is 67.7 Å². The normalized spacial score (nSPS) is 15.9. The van der Waals surface area contributed by atoms with Gasteiger partial charge in [-0.15, -0.1) is 5.10 Å². The molecule has 0 aliphatic carbocycles. The first-order chi connectivity index (χ1) is 14.8. The minimum absolute atomic E-state index is 0.0520. The molecule has 1 aliphatic rings. The van der Waals surface area contributed by atoms with Crippen LogP contribution >= 0.6 is 0 Å². The summed E-state index contributed by atoms with van der Waals surface area (Å²) in [4.78, 5) is 29.4. The number of halogens is 1. The number of hydrogen-bond acceptors (Lipinski definition) is 5. The SMILES string of the molecule is Cc1nnnn1[C@@H](Cc1ccc(F)cc1)C(=O)N1CCC(CC(=O)N(C)C(C)C)CC1. The van der Waals surface area contributed by atoms with E-state index in [1.165, 1.54) is 12.1 Å². The van der Waals surface area contributed by atoms with Gasteiger partial charge in [-0.3, -0.25) is 9.59 Å². The molecular weight excluding hydrogens is 399 g/mol. The van der Waals surface area contributed by atoms with Gasteiger partial charge in [0.25, 0.3) is 0 Å². The Morgan fingerprint density at radius 2 is 1.84 bits per heavy atom. The van der Waals surface area contributed by atoms with Crippen molar-refractivity contribution in [2.24, 2.45) is 5.92 Å².